The lowest BCUT2D eigenvalue weighted by molar-refractivity contribution is -0.384. The van der Waals surface area contributed by atoms with Crippen LogP contribution >= 0.6 is 23.4 Å². The molecule has 9 heteroatoms. The number of hydrogen-bond donors (Lipinski definition) is 1. The van der Waals surface area contributed by atoms with Gasteiger partial charge >= 0.3 is 0 Å². The first kappa shape index (κ1) is 17.2. The number of nitrogens with zero attached hydrogens (tertiary/aromatic N) is 2. The van der Waals surface area contributed by atoms with Gasteiger partial charge in [0.25, 0.3) is 10.9 Å². The normalized spacial score (nSPS) is 10.8. The smallest absolute Gasteiger partial charge is 0.271 e. The summed E-state index contributed by atoms with van der Waals surface area (Å²) < 4.78 is 5.47. The van der Waals surface area contributed by atoms with E-state index in [2.05, 4.69) is 10.3 Å². The van der Waals surface area contributed by atoms with Gasteiger partial charge in [-0.3, -0.25) is 14.9 Å². The Kier molecular flexibility index (Phi) is 4.91. The van der Waals surface area contributed by atoms with Crippen LogP contribution in [-0.4, -0.2) is 21.6 Å². The zero-order valence-corrected chi connectivity index (χ0v) is 14.6. The first-order chi connectivity index (χ1) is 11.9. The Bertz CT molecular complexity index is 973. The second kappa shape index (κ2) is 7.12. The lowest BCUT2D eigenvalue weighted by Crippen LogP contribution is -2.14. The van der Waals surface area contributed by atoms with Crippen LogP contribution in [0.15, 0.2) is 46.0 Å². The maximum atomic E-state index is 12.1. The van der Waals surface area contributed by atoms with Crippen molar-refractivity contribution in [1.29, 1.82) is 0 Å². The van der Waals surface area contributed by atoms with Gasteiger partial charge in [-0.15, -0.1) is 0 Å². The molecule has 128 valence electrons. The van der Waals surface area contributed by atoms with E-state index in [0.29, 0.717) is 21.8 Å². The van der Waals surface area contributed by atoms with Crippen LogP contribution in [0.2, 0.25) is 5.02 Å². The zero-order valence-electron chi connectivity index (χ0n) is 13.0. The first-order valence-corrected chi connectivity index (χ1v) is 8.52. The van der Waals surface area contributed by atoms with Crippen molar-refractivity contribution in [3.63, 3.8) is 0 Å². The average Bonchev–Trinajstić information content (AvgIpc) is 2.97. The highest BCUT2D eigenvalue weighted by Gasteiger charge is 2.13. The number of thioether (sulfide) groups is 1. The van der Waals surface area contributed by atoms with Crippen molar-refractivity contribution < 1.29 is 14.1 Å². The molecule has 1 heterocycles. The Morgan fingerprint density at radius 3 is 2.88 bits per heavy atom. The van der Waals surface area contributed by atoms with E-state index in [0.717, 1.165) is 17.3 Å². The number of nitrogens with one attached hydrogen (secondary N) is 1. The molecule has 0 aliphatic carbocycles. The molecule has 0 fully saturated rings. The number of oxazole rings is 1. The third-order valence-electron chi connectivity index (χ3n) is 3.35. The minimum absolute atomic E-state index is 0.0618. The maximum absolute atomic E-state index is 12.1. The Labute approximate surface area is 151 Å². The van der Waals surface area contributed by atoms with Crippen LogP contribution in [0, 0.1) is 17.0 Å². The van der Waals surface area contributed by atoms with Gasteiger partial charge in [-0.25, -0.2) is 4.98 Å². The largest absolute Gasteiger partial charge is 0.431 e. The standard InChI is InChI=1S/C16H12ClN3O4S/c1-9-6-10(17)2-4-12(9)18-15(21)8-25-16-19-13-7-11(20(22)23)3-5-14(13)24-16/h2-7H,8H2,1H3,(H,18,21). The third-order valence-corrected chi connectivity index (χ3v) is 4.41. The molecule has 25 heavy (non-hydrogen) atoms. The van der Waals surface area contributed by atoms with Gasteiger partial charge in [0.15, 0.2) is 5.58 Å². The molecule has 3 aromatic rings. The fourth-order valence-electron chi connectivity index (χ4n) is 2.15. The van der Waals surface area contributed by atoms with Gasteiger partial charge in [-0.05, 0) is 36.8 Å². The summed E-state index contributed by atoms with van der Waals surface area (Å²) in [7, 11) is 0. The summed E-state index contributed by atoms with van der Waals surface area (Å²) in [5, 5.41) is 14.4. The Morgan fingerprint density at radius 2 is 2.16 bits per heavy atom. The lowest BCUT2D eigenvalue weighted by atomic mass is 10.2. The van der Waals surface area contributed by atoms with Gasteiger partial charge in [0, 0.05) is 22.8 Å². The summed E-state index contributed by atoms with van der Waals surface area (Å²) in [5.74, 6) is -0.125. The average molecular weight is 378 g/mol. The van der Waals surface area contributed by atoms with Gasteiger partial charge in [-0.1, -0.05) is 23.4 Å². The number of fused-ring (bicyclic) bond motifs is 1. The molecule has 0 radical (unpaired) electrons. The number of anilines is 1. The number of rotatable bonds is 5. The molecule has 2 aromatic carbocycles. The third kappa shape index (κ3) is 4.09. The summed E-state index contributed by atoms with van der Waals surface area (Å²) >= 11 is 7.00. The molecule has 0 spiro atoms. The number of aryl methyl sites for hydroxylation is 1. The molecule has 0 atom stereocenters. The molecule has 0 unspecified atom stereocenters. The molecular weight excluding hydrogens is 366 g/mol. The van der Waals surface area contributed by atoms with E-state index in [-0.39, 0.29) is 22.6 Å². The minimum Gasteiger partial charge on any atom is -0.431 e. The van der Waals surface area contributed by atoms with E-state index in [9.17, 15) is 14.9 Å². The van der Waals surface area contributed by atoms with Crippen LogP contribution in [0.1, 0.15) is 5.56 Å². The van der Waals surface area contributed by atoms with Gasteiger partial charge < -0.3 is 9.73 Å². The summed E-state index contributed by atoms with van der Waals surface area (Å²) in [6.07, 6.45) is 0. The lowest BCUT2D eigenvalue weighted by Gasteiger charge is -2.07. The quantitative estimate of drug-likeness (QED) is 0.401. The van der Waals surface area contributed by atoms with E-state index in [1.807, 2.05) is 6.92 Å². The van der Waals surface area contributed by atoms with Crippen molar-refractivity contribution in [2.75, 3.05) is 11.1 Å². The summed E-state index contributed by atoms with van der Waals surface area (Å²) in [6.45, 7) is 1.85. The molecule has 0 saturated carbocycles. The zero-order chi connectivity index (χ0) is 18.0. The van der Waals surface area contributed by atoms with E-state index >= 15 is 0 Å². The van der Waals surface area contributed by atoms with Crippen molar-refractivity contribution in [3.8, 4) is 0 Å². The van der Waals surface area contributed by atoms with Crippen LogP contribution in [0.25, 0.3) is 11.1 Å². The van der Waals surface area contributed by atoms with Crippen LogP contribution < -0.4 is 5.32 Å². The minimum atomic E-state index is -0.497. The second-order valence-electron chi connectivity index (χ2n) is 5.19. The maximum Gasteiger partial charge on any atom is 0.271 e. The van der Waals surface area contributed by atoms with Gasteiger partial charge in [0.05, 0.1) is 10.7 Å². The van der Waals surface area contributed by atoms with E-state index in [1.165, 1.54) is 18.2 Å². The van der Waals surface area contributed by atoms with E-state index in [1.54, 1.807) is 18.2 Å². The van der Waals surface area contributed by atoms with E-state index < -0.39 is 4.92 Å². The number of carbonyl (C=O) groups excluding carboxylic acids is 1. The predicted molar refractivity (Wildman–Crippen MR) is 96.2 cm³/mol. The molecule has 1 amide bonds. The number of benzene rings is 2. The number of carbonyl (C=O) groups is 1. The van der Waals surface area contributed by atoms with Crippen molar-refractivity contribution in [2.45, 2.75) is 12.1 Å². The molecule has 0 bridgehead atoms. The Morgan fingerprint density at radius 1 is 1.36 bits per heavy atom. The second-order valence-corrected chi connectivity index (χ2v) is 6.55. The fourth-order valence-corrected chi connectivity index (χ4v) is 3.02. The van der Waals surface area contributed by atoms with Crippen molar-refractivity contribution in [2.24, 2.45) is 0 Å². The van der Waals surface area contributed by atoms with Crippen molar-refractivity contribution in [3.05, 3.63) is 57.1 Å². The molecule has 0 aliphatic heterocycles. The molecule has 0 aliphatic rings. The van der Waals surface area contributed by atoms with Crippen molar-refractivity contribution >= 4 is 51.7 Å². The monoisotopic (exact) mass is 377 g/mol. The van der Waals surface area contributed by atoms with Gasteiger partial charge in [-0.2, -0.15) is 0 Å². The van der Waals surface area contributed by atoms with Gasteiger partial charge in [0.2, 0.25) is 5.91 Å². The van der Waals surface area contributed by atoms with Crippen LogP contribution in [0.5, 0.6) is 0 Å². The molecule has 7 nitrogen and oxygen atoms in total. The number of nitro groups is 1. The fraction of sp³-hybridized carbons (Fsp3) is 0.125. The highest BCUT2D eigenvalue weighted by atomic mass is 35.5. The Hall–Kier alpha value is -2.58. The number of aromatic nitrogens is 1. The van der Waals surface area contributed by atoms with E-state index in [4.69, 9.17) is 16.0 Å². The summed E-state index contributed by atoms with van der Waals surface area (Å²) in [6, 6.07) is 9.36. The number of non-ortho nitro benzene ring substituents is 1. The number of amides is 1. The molecule has 3 rings (SSSR count). The van der Waals surface area contributed by atoms with Crippen LogP contribution in [-0.2, 0) is 4.79 Å². The molecule has 1 N–H and O–H groups in total. The van der Waals surface area contributed by atoms with Crippen molar-refractivity contribution in [1.82, 2.24) is 4.98 Å². The number of nitro benzene ring substituents is 1. The topological polar surface area (TPSA) is 98.3 Å². The first-order valence-electron chi connectivity index (χ1n) is 7.16. The predicted octanol–water partition coefficient (Wildman–Crippen LogP) is 4.43. The number of halogens is 1. The highest BCUT2D eigenvalue weighted by molar-refractivity contribution is 7.99. The SMILES string of the molecule is Cc1cc(Cl)ccc1NC(=O)CSc1nc2cc([N+](=O)[O-])ccc2o1. The summed E-state index contributed by atoms with van der Waals surface area (Å²) in [5.41, 5.74) is 2.30. The molecular formula is C16H12ClN3O4S. The van der Waals surface area contributed by atoms with Gasteiger partial charge in [0.1, 0.15) is 5.52 Å². The summed E-state index contributed by atoms with van der Waals surface area (Å²) in [4.78, 5) is 26.5. The number of hydrogen-bond acceptors (Lipinski definition) is 6. The molecule has 0 saturated heterocycles. The Balaban J connectivity index is 1.65. The van der Waals surface area contributed by atoms with Crippen LogP contribution in [0.3, 0.4) is 0 Å². The molecule has 1 aromatic heterocycles. The highest BCUT2D eigenvalue weighted by Crippen LogP contribution is 2.26. The van der Waals surface area contributed by atoms with Crippen LogP contribution in [0.4, 0.5) is 11.4 Å².